The van der Waals surface area contributed by atoms with Crippen LogP contribution in [0.15, 0.2) is 0 Å². The molecular formula is C17H34N2O. The van der Waals surface area contributed by atoms with E-state index in [2.05, 4.69) is 24.1 Å². The summed E-state index contributed by atoms with van der Waals surface area (Å²) in [5, 5.41) is 3.63. The van der Waals surface area contributed by atoms with Crippen molar-refractivity contribution in [3.05, 3.63) is 0 Å². The lowest BCUT2D eigenvalue weighted by Gasteiger charge is -2.43. The van der Waals surface area contributed by atoms with Crippen molar-refractivity contribution >= 4 is 0 Å². The highest BCUT2D eigenvalue weighted by molar-refractivity contribution is 4.89. The molecule has 0 spiro atoms. The fourth-order valence-electron chi connectivity index (χ4n) is 4.03. The van der Waals surface area contributed by atoms with Crippen LogP contribution in [0.5, 0.6) is 0 Å². The molecule has 0 aromatic heterocycles. The predicted molar refractivity (Wildman–Crippen MR) is 85.1 cm³/mol. The molecule has 2 fully saturated rings. The van der Waals surface area contributed by atoms with Gasteiger partial charge in [0.25, 0.3) is 0 Å². The molecule has 1 N–H and O–H groups in total. The van der Waals surface area contributed by atoms with Crippen LogP contribution in [0.2, 0.25) is 0 Å². The molecule has 0 aromatic carbocycles. The van der Waals surface area contributed by atoms with Gasteiger partial charge in [-0.1, -0.05) is 26.2 Å². The number of piperidine rings is 1. The predicted octanol–water partition coefficient (Wildman–Crippen LogP) is 3.05. The standard InChI is InChI=1S/C17H34N2O/c1-3-18-14-17(10-6-5-7-11-17)15-19-12-8-16(9-13-19)20-4-2/h16,18H,3-15H2,1-2H3. The van der Waals surface area contributed by atoms with Crippen LogP contribution in [-0.2, 0) is 4.74 Å². The largest absolute Gasteiger partial charge is 0.378 e. The number of rotatable bonds is 7. The lowest BCUT2D eigenvalue weighted by molar-refractivity contribution is -0.000637. The highest BCUT2D eigenvalue weighted by Gasteiger charge is 2.34. The topological polar surface area (TPSA) is 24.5 Å². The molecule has 3 heteroatoms. The van der Waals surface area contributed by atoms with E-state index in [0.29, 0.717) is 11.5 Å². The van der Waals surface area contributed by atoms with E-state index < -0.39 is 0 Å². The van der Waals surface area contributed by atoms with E-state index in [1.54, 1.807) is 0 Å². The Kier molecular flexibility index (Phi) is 6.79. The zero-order valence-electron chi connectivity index (χ0n) is 13.6. The second kappa shape index (κ2) is 8.35. The average Bonchev–Trinajstić information content (AvgIpc) is 2.49. The number of ether oxygens (including phenoxy) is 1. The molecule has 0 amide bonds. The summed E-state index contributed by atoms with van der Waals surface area (Å²) in [6.45, 7) is 11.3. The first-order valence-corrected chi connectivity index (χ1v) is 8.83. The van der Waals surface area contributed by atoms with Gasteiger partial charge in [-0.3, -0.25) is 0 Å². The number of hydrogen-bond donors (Lipinski definition) is 1. The summed E-state index contributed by atoms with van der Waals surface area (Å²) in [5.41, 5.74) is 0.548. The van der Waals surface area contributed by atoms with E-state index >= 15 is 0 Å². The summed E-state index contributed by atoms with van der Waals surface area (Å²) in [5.74, 6) is 0. The Hall–Kier alpha value is -0.120. The van der Waals surface area contributed by atoms with Crippen LogP contribution in [0.25, 0.3) is 0 Å². The van der Waals surface area contributed by atoms with E-state index in [9.17, 15) is 0 Å². The van der Waals surface area contributed by atoms with Gasteiger partial charge in [-0.05, 0) is 44.6 Å². The molecule has 118 valence electrons. The van der Waals surface area contributed by atoms with E-state index in [1.165, 1.54) is 71.1 Å². The van der Waals surface area contributed by atoms with Crippen LogP contribution < -0.4 is 5.32 Å². The van der Waals surface area contributed by atoms with Gasteiger partial charge in [0.1, 0.15) is 0 Å². The maximum absolute atomic E-state index is 5.77. The fourth-order valence-corrected chi connectivity index (χ4v) is 4.03. The third kappa shape index (κ3) is 4.71. The Morgan fingerprint density at radius 1 is 1.10 bits per heavy atom. The fraction of sp³-hybridized carbons (Fsp3) is 1.00. The second-order valence-electron chi connectivity index (χ2n) is 6.77. The molecule has 1 heterocycles. The van der Waals surface area contributed by atoms with Crippen molar-refractivity contribution in [2.24, 2.45) is 5.41 Å². The Morgan fingerprint density at radius 2 is 1.80 bits per heavy atom. The van der Waals surface area contributed by atoms with Crippen LogP contribution in [0.4, 0.5) is 0 Å². The first-order valence-electron chi connectivity index (χ1n) is 8.83. The Labute approximate surface area is 125 Å². The van der Waals surface area contributed by atoms with Crippen molar-refractivity contribution in [2.45, 2.75) is 64.9 Å². The third-order valence-electron chi connectivity index (χ3n) is 5.16. The van der Waals surface area contributed by atoms with Crippen molar-refractivity contribution in [3.63, 3.8) is 0 Å². The molecule has 0 atom stereocenters. The molecular weight excluding hydrogens is 248 g/mol. The maximum Gasteiger partial charge on any atom is 0.0599 e. The van der Waals surface area contributed by atoms with Gasteiger partial charge in [0.05, 0.1) is 6.10 Å². The molecule has 2 rings (SSSR count). The molecule has 0 radical (unpaired) electrons. The van der Waals surface area contributed by atoms with E-state index in [4.69, 9.17) is 4.74 Å². The minimum atomic E-state index is 0.521. The molecule has 1 saturated heterocycles. The van der Waals surface area contributed by atoms with Gasteiger partial charge >= 0.3 is 0 Å². The molecule has 1 aliphatic carbocycles. The van der Waals surface area contributed by atoms with Crippen LogP contribution in [0.3, 0.4) is 0 Å². The molecule has 0 unspecified atom stereocenters. The van der Waals surface area contributed by atoms with Crippen LogP contribution >= 0.6 is 0 Å². The zero-order chi connectivity index (χ0) is 14.3. The third-order valence-corrected chi connectivity index (χ3v) is 5.16. The highest BCUT2D eigenvalue weighted by atomic mass is 16.5. The van der Waals surface area contributed by atoms with Crippen molar-refractivity contribution < 1.29 is 4.74 Å². The zero-order valence-corrected chi connectivity index (χ0v) is 13.6. The number of hydrogen-bond acceptors (Lipinski definition) is 3. The maximum atomic E-state index is 5.77. The van der Waals surface area contributed by atoms with E-state index in [0.717, 1.165) is 13.2 Å². The lowest BCUT2D eigenvalue weighted by Crippen LogP contribution is -2.48. The van der Waals surface area contributed by atoms with Crippen molar-refractivity contribution in [2.75, 3.05) is 39.3 Å². The summed E-state index contributed by atoms with van der Waals surface area (Å²) in [6, 6.07) is 0. The molecule has 1 aliphatic heterocycles. The molecule has 20 heavy (non-hydrogen) atoms. The summed E-state index contributed by atoms with van der Waals surface area (Å²) >= 11 is 0. The molecule has 2 aliphatic rings. The summed E-state index contributed by atoms with van der Waals surface area (Å²) in [6.07, 6.45) is 10.1. The van der Waals surface area contributed by atoms with Gasteiger partial charge in [0.15, 0.2) is 0 Å². The SMILES string of the molecule is CCNCC1(CN2CCC(OCC)CC2)CCCCC1. The number of likely N-dealkylation sites (tertiary alicyclic amines) is 1. The van der Waals surface area contributed by atoms with Gasteiger partial charge in [-0.15, -0.1) is 0 Å². The monoisotopic (exact) mass is 282 g/mol. The molecule has 0 bridgehead atoms. The van der Waals surface area contributed by atoms with Gasteiger partial charge in [0.2, 0.25) is 0 Å². The normalized spacial score (nSPS) is 24.9. The Morgan fingerprint density at radius 3 is 2.40 bits per heavy atom. The number of nitrogens with one attached hydrogen (secondary N) is 1. The minimum Gasteiger partial charge on any atom is -0.378 e. The van der Waals surface area contributed by atoms with Gasteiger partial charge < -0.3 is 15.0 Å². The van der Waals surface area contributed by atoms with Crippen LogP contribution in [0, 0.1) is 5.41 Å². The van der Waals surface area contributed by atoms with Crippen molar-refractivity contribution in [1.29, 1.82) is 0 Å². The van der Waals surface area contributed by atoms with E-state index in [1.807, 2.05) is 0 Å². The van der Waals surface area contributed by atoms with E-state index in [-0.39, 0.29) is 0 Å². The van der Waals surface area contributed by atoms with Crippen molar-refractivity contribution in [3.8, 4) is 0 Å². The smallest absolute Gasteiger partial charge is 0.0599 e. The van der Waals surface area contributed by atoms with Crippen LogP contribution in [0.1, 0.15) is 58.8 Å². The highest BCUT2D eigenvalue weighted by Crippen LogP contribution is 2.37. The second-order valence-corrected chi connectivity index (χ2v) is 6.77. The molecule has 0 aromatic rings. The Balaban J connectivity index is 1.82. The van der Waals surface area contributed by atoms with Crippen LogP contribution in [-0.4, -0.2) is 50.3 Å². The average molecular weight is 282 g/mol. The van der Waals surface area contributed by atoms with Gasteiger partial charge in [0, 0.05) is 32.8 Å². The Bertz CT molecular complexity index is 256. The summed E-state index contributed by atoms with van der Waals surface area (Å²) in [4.78, 5) is 2.71. The summed E-state index contributed by atoms with van der Waals surface area (Å²) in [7, 11) is 0. The lowest BCUT2D eigenvalue weighted by atomic mass is 9.73. The first kappa shape index (κ1) is 16.3. The number of nitrogens with zero attached hydrogens (tertiary/aromatic N) is 1. The van der Waals surface area contributed by atoms with Gasteiger partial charge in [-0.25, -0.2) is 0 Å². The molecule has 3 nitrogen and oxygen atoms in total. The van der Waals surface area contributed by atoms with Gasteiger partial charge in [-0.2, -0.15) is 0 Å². The summed E-state index contributed by atoms with van der Waals surface area (Å²) < 4.78 is 5.77. The first-order chi connectivity index (χ1) is 9.78. The molecule has 1 saturated carbocycles. The quantitative estimate of drug-likeness (QED) is 0.777. The van der Waals surface area contributed by atoms with Crippen molar-refractivity contribution in [1.82, 2.24) is 10.2 Å². The minimum absolute atomic E-state index is 0.521.